The zero-order valence-corrected chi connectivity index (χ0v) is 10.7. The Morgan fingerprint density at radius 1 is 1.44 bits per heavy atom. The van der Waals surface area contributed by atoms with E-state index >= 15 is 0 Å². The van der Waals surface area contributed by atoms with Crippen molar-refractivity contribution in [3.63, 3.8) is 0 Å². The zero-order valence-electron chi connectivity index (χ0n) is 9.17. The summed E-state index contributed by atoms with van der Waals surface area (Å²) in [4.78, 5) is 0. The van der Waals surface area contributed by atoms with Crippen molar-refractivity contribution in [3.8, 4) is 6.07 Å². The molecule has 2 unspecified atom stereocenters. The van der Waals surface area contributed by atoms with E-state index in [0.29, 0.717) is 22.0 Å². The van der Waals surface area contributed by atoms with Gasteiger partial charge in [0.1, 0.15) is 0 Å². The number of rotatable bonds is 3. The van der Waals surface area contributed by atoms with E-state index in [0.717, 1.165) is 0 Å². The molecule has 2 nitrogen and oxygen atoms in total. The molecule has 0 bridgehead atoms. The lowest BCUT2D eigenvalue weighted by atomic mass is 9.80. The van der Waals surface area contributed by atoms with Gasteiger partial charge in [0.15, 0.2) is 0 Å². The molecule has 0 aliphatic rings. The van der Waals surface area contributed by atoms with E-state index in [2.05, 4.69) is 6.07 Å². The standard InChI is InChI=1S/C12H13Cl2NO/c1-3-12(2,7-15)11(16)8-4-5-9(13)10(14)6-8/h4-6,11,16H,3H2,1-2H3. The maximum absolute atomic E-state index is 10.1. The van der Waals surface area contributed by atoms with Crippen LogP contribution in [-0.2, 0) is 0 Å². The van der Waals surface area contributed by atoms with Crippen LogP contribution in [0.1, 0.15) is 31.9 Å². The minimum Gasteiger partial charge on any atom is -0.387 e. The number of nitriles is 1. The van der Waals surface area contributed by atoms with Crippen LogP contribution in [0.3, 0.4) is 0 Å². The van der Waals surface area contributed by atoms with E-state index < -0.39 is 11.5 Å². The summed E-state index contributed by atoms with van der Waals surface area (Å²) >= 11 is 11.7. The third kappa shape index (κ3) is 2.49. The van der Waals surface area contributed by atoms with E-state index in [1.807, 2.05) is 6.92 Å². The smallest absolute Gasteiger partial charge is 0.0974 e. The molecular formula is C12H13Cl2NO. The van der Waals surface area contributed by atoms with E-state index in [-0.39, 0.29) is 0 Å². The van der Waals surface area contributed by atoms with Crippen LogP contribution in [0.4, 0.5) is 0 Å². The summed E-state index contributed by atoms with van der Waals surface area (Å²) in [6.07, 6.45) is -0.303. The van der Waals surface area contributed by atoms with Crippen molar-refractivity contribution in [2.75, 3.05) is 0 Å². The minimum absolute atomic E-state index is 0.384. The van der Waals surface area contributed by atoms with Crippen LogP contribution in [0.25, 0.3) is 0 Å². The van der Waals surface area contributed by atoms with Crippen molar-refractivity contribution in [3.05, 3.63) is 33.8 Å². The predicted molar refractivity (Wildman–Crippen MR) is 65.4 cm³/mol. The molecule has 0 aliphatic heterocycles. The quantitative estimate of drug-likeness (QED) is 0.891. The summed E-state index contributed by atoms with van der Waals surface area (Å²) in [5.74, 6) is 0. The summed E-state index contributed by atoms with van der Waals surface area (Å²) in [5, 5.41) is 20.0. The number of aliphatic hydroxyl groups is 1. The molecule has 0 saturated carbocycles. The lowest BCUT2D eigenvalue weighted by Gasteiger charge is -2.26. The molecule has 4 heteroatoms. The highest BCUT2D eigenvalue weighted by molar-refractivity contribution is 6.42. The van der Waals surface area contributed by atoms with Crippen LogP contribution in [0, 0.1) is 16.7 Å². The molecule has 0 amide bonds. The normalized spacial score (nSPS) is 16.2. The Morgan fingerprint density at radius 2 is 2.06 bits per heavy atom. The number of hydrogen-bond acceptors (Lipinski definition) is 2. The van der Waals surface area contributed by atoms with Crippen LogP contribution in [0.5, 0.6) is 0 Å². The Kier molecular flexibility index (Phi) is 4.21. The van der Waals surface area contributed by atoms with Crippen molar-refractivity contribution in [2.45, 2.75) is 26.4 Å². The van der Waals surface area contributed by atoms with Gasteiger partial charge in [-0.15, -0.1) is 0 Å². The molecule has 1 rings (SSSR count). The van der Waals surface area contributed by atoms with Crippen molar-refractivity contribution in [1.82, 2.24) is 0 Å². The monoisotopic (exact) mass is 257 g/mol. The van der Waals surface area contributed by atoms with Crippen LogP contribution < -0.4 is 0 Å². The first-order chi connectivity index (χ1) is 7.44. The molecular weight excluding hydrogens is 245 g/mol. The van der Waals surface area contributed by atoms with Gasteiger partial charge in [-0.3, -0.25) is 0 Å². The molecule has 0 spiro atoms. The van der Waals surface area contributed by atoms with Gasteiger partial charge in [0.2, 0.25) is 0 Å². The first kappa shape index (κ1) is 13.3. The molecule has 0 aromatic heterocycles. The van der Waals surface area contributed by atoms with Crippen molar-refractivity contribution >= 4 is 23.2 Å². The van der Waals surface area contributed by atoms with Gasteiger partial charge in [0.05, 0.1) is 27.6 Å². The molecule has 0 saturated heterocycles. The van der Waals surface area contributed by atoms with Gasteiger partial charge in [0, 0.05) is 0 Å². The maximum atomic E-state index is 10.1. The average Bonchev–Trinajstić information content (AvgIpc) is 2.30. The first-order valence-corrected chi connectivity index (χ1v) is 5.74. The van der Waals surface area contributed by atoms with Crippen LogP contribution >= 0.6 is 23.2 Å². The van der Waals surface area contributed by atoms with Gasteiger partial charge in [0.25, 0.3) is 0 Å². The fourth-order valence-corrected chi connectivity index (χ4v) is 1.69. The molecule has 0 aliphatic carbocycles. The van der Waals surface area contributed by atoms with E-state index in [1.54, 1.807) is 25.1 Å². The lowest BCUT2D eigenvalue weighted by Crippen LogP contribution is -2.22. The van der Waals surface area contributed by atoms with E-state index in [1.165, 1.54) is 0 Å². The lowest BCUT2D eigenvalue weighted by molar-refractivity contribution is 0.0722. The highest BCUT2D eigenvalue weighted by atomic mass is 35.5. The second kappa shape index (κ2) is 5.05. The molecule has 86 valence electrons. The van der Waals surface area contributed by atoms with E-state index in [9.17, 15) is 5.11 Å². The number of halogens is 2. The summed E-state index contributed by atoms with van der Waals surface area (Å²) in [6.45, 7) is 3.59. The summed E-state index contributed by atoms with van der Waals surface area (Å²) in [6, 6.07) is 7.04. The highest BCUT2D eigenvalue weighted by Gasteiger charge is 2.32. The molecule has 1 aromatic rings. The number of nitrogens with zero attached hydrogens (tertiary/aromatic N) is 1. The SMILES string of the molecule is CCC(C)(C#N)C(O)c1ccc(Cl)c(Cl)c1. The summed E-state index contributed by atoms with van der Waals surface area (Å²) in [5.41, 5.74) is -0.197. The Morgan fingerprint density at radius 3 is 2.50 bits per heavy atom. The van der Waals surface area contributed by atoms with Crippen LogP contribution in [-0.4, -0.2) is 5.11 Å². The Labute approximate surface area is 105 Å². The van der Waals surface area contributed by atoms with Crippen LogP contribution in [0.15, 0.2) is 18.2 Å². The Balaban J connectivity index is 3.10. The second-order valence-corrected chi connectivity index (χ2v) is 4.77. The average molecular weight is 258 g/mol. The second-order valence-electron chi connectivity index (χ2n) is 3.96. The molecule has 1 N–H and O–H groups in total. The van der Waals surface area contributed by atoms with Crippen molar-refractivity contribution in [2.24, 2.45) is 5.41 Å². The minimum atomic E-state index is -0.864. The van der Waals surface area contributed by atoms with Gasteiger partial charge >= 0.3 is 0 Å². The van der Waals surface area contributed by atoms with Gasteiger partial charge < -0.3 is 5.11 Å². The molecule has 0 heterocycles. The number of aliphatic hydroxyl groups excluding tert-OH is 1. The van der Waals surface area contributed by atoms with Crippen molar-refractivity contribution in [1.29, 1.82) is 5.26 Å². The Bertz CT molecular complexity index is 428. The maximum Gasteiger partial charge on any atom is 0.0974 e. The van der Waals surface area contributed by atoms with Gasteiger partial charge in [-0.05, 0) is 31.0 Å². The fourth-order valence-electron chi connectivity index (χ4n) is 1.38. The molecule has 0 fully saturated rings. The van der Waals surface area contributed by atoms with Gasteiger partial charge in [-0.25, -0.2) is 0 Å². The van der Waals surface area contributed by atoms with Gasteiger partial charge in [-0.2, -0.15) is 5.26 Å². The number of hydrogen-bond donors (Lipinski definition) is 1. The van der Waals surface area contributed by atoms with E-state index in [4.69, 9.17) is 28.5 Å². The molecule has 0 radical (unpaired) electrons. The first-order valence-electron chi connectivity index (χ1n) is 4.99. The van der Waals surface area contributed by atoms with Gasteiger partial charge in [-0.1, -0.05) is 36.2 Å². The van der Waals surface area contributed by atoms with Crippen LogP contribution in [0.2, 0.25) is 10.0 Å². The Hall–Kier alpha value is -0.750. The molecule has 16 heavy (non-hydrogen) atoms. The molecule has 1 aromatic carbocycles. The summed E-state index contributed by atoms with van der Waals surface area (Å²) < 4.78 is 0. The topological polar surface area (TPSA) is 44.0 Å². The van der Waals surface area contributed by atoms with Crippen molar-refractivity contribution < 1.29 is 5.11 Å². The third-order valence-corrected chi connectivity index (χ3v) is 3.59. The highest BCUT2D eigenvalue weighted by Crippen LogP contribution is 2.37. The molecule has 2 atom stereocenters. The summed E-state index contributed by atoms with van der Waals surface area (Å²) in [7, 11) is 0. The largest absolute Gasteiger partial charge is 0.387 e. The predicted octanol–water partition coefficient (Wildman–Crippen LogP) is 3.97. The fraction of sp³-hybridized carbons (Fsp3) is 0.417. The number of benzene rings is 1. The third-order valence-electron chi connectivity index (χ3n) is 2.85. The zero-order chi connectivity index (χ0) is 12.3.